The molecule has 0 saturated heterocycles. The zero-order valence-corrected chi connectivity index (χ0v) is 12.2. The summed E-state index contributed by atoms with van der Waals surface area (Å²) in [5.41, 5.74) is 4.76. The maximum atomic E-state index is 11.3. The van der Waals surface area contributed by atoms with Crippen LogP contribution in [-0.2, 0) is 4.79 Å². The fourth-order valence-corrected chi connectivity index (χ4v) is 2.11. The quantitative estimate of drug-likeness (QED) is 0.427. The van der Waals surface area contributed by atoms with Crippen molar-refractivity contribution in [2.75, 3.05) is 6.61 Å². The first-order valence-corrected chi connectivity index (χ1v) is 7.24. The summed E-state index contributed by atoms with van der Waals surface area (Å²) in [5.74, 6) is -0.205. The molecule has 0 aromatic heterocycles. The summed E-state index contributed by atoms with van der Waals surface area (Å²) in [5, 5.41) is 17.9. The van der Waals surface area contributed by atoms with Gasteiger partial charge in [-0.25, -0.2) is 0 Å². The van der Waals surface area contributed by atoms with Crippen LogP contribution in [0.25, 0.3) is 0 Å². The maximum Gasteiger partial charge on any atom is 0.323 e. The lowest BCUT2D eigenvalue weighted by molar-refractivity contribution is -0.144. The van der Waals surface area contributed by atoms with Gasteiger partial charge in [0, 0.05) is 0 Å². The summed E-state index contributed by atoms with van der Waals surface area (Å²) in [6, 6.07) is 9.40. The fraction of sp³-hybridized carbons (Fsp3) is 0.533. The molecule has 0 bridgehead atoms. The summed E-state index contributed by atoms with van der Waals surface area (Å²) in [4.78, 5) is 11.3. The van der Waals surface area contributed by atoms with E-state index >= 15 is 0 Å². The fourth-order valence-electron chi connectivity index (χ4n) is 2.11. The van der Waals surface area contributed by atoms with Crippen LogP contribution >= 0.6 is 0 Å². The molecule has 1 radical (unpaired) electrons. The van der Waals surface area contributed by atoms with E-state index in [0.29, 0.717) is 38.6 Å². The second kappa shape index (κ2) is 9.42. The Morgan fingerprint density at radius 2 is 1.86 bits per heavy atom. The highest BCUT2D eigenvalue weighted by atomic mass is 16.5. The summed E-state index contributed by atoms with van der Waals surface area (Å²) in [6.45, 7) is 0.445. The lowest BCUT2D eigenvalue weighted by Crippen LogP contribution is -2.48. The van der Waals surface area contributed by atoms with Gasteiger partial charge in [0.1, 0.15) is 11.3 Å². The van der Waals surface area contributed by atoms with Gasteiger partial charge in [-0.15, -0.1) is 0 Å². The average molecular weight is 292 g/mol. The summed E-state index contributed by atoms with van der Waals surface area (Å²) >= 11 is 0. The topological polar surface area (TPSA) is 92.8 Å². The monoisotopic (exact) mass is 292 g/mol. The molecule has 1 atom stereocenters. The van der Waals surface area contributed by atoms with Gasteiger partial charge in [0.15, 0.2) is 0 Å². The van der Waals surface area contributed by atoms with E-state index in [1.54, 1.807) is 0 Å². The van der Waals surface area contributed by atoms with Gasteiger partial charge in [0.2, 0.25) is 0 Å². The molecule has 1 aromatic carbocycles. The first-order chi connectivity index (χ1) is 10.1. The predicted octanol–water partition coefficient (Wildman–Crippen LogP) is 1.83. The molecule has 1 unspecified atom stereocenters. The number of para-hydroxylation sites is 1. The van der Waals surface area contributed by atoms with Gasteiger partial charge in [0.05, 0.1) is 6.61 Å². The molecular formula is C15H23BNO4. The van der Waals surface area contributed by atoms with Crippen LogP contribution < -0.4 is 10.5 Å². The number of unbranched alkanes of at least 4 members (excludes halogenated alkanes) is 1. The van der Waals surface area contributed by atoms with E-state index < -0.39 is 11.5 Å². The van der Waals surface area contributed by atoms with Gasteiger partial charge < -0.3 is 20.6 Å². The number of ether oxygens (including phenoxy) is 1. The highest BCUT2D eigenvalue weighted by Crippen LogP contribution is 2.19. The van der Waals surface area contributed by atoms with E-state index in [-0.39, 0.29) is 0 Å². The van der Waals surface area contributed by atoms with Gasteiger partial charge in [0.25, 0.3) is 7.48 Å². The van der Waals surface area contributed by atoms with Crippen LogP contribution in [0.4, 0.5) is 0 Å². The second-order valence-electron chi connectivity index (χ2n) is 5.15. The van der Waals surface area contributed by atoms with Gasteiger partial charge >= 0.3 is 5.97 Å². The van der Waals surface area contributed by atoms with Crippen molar-refractivity contribution in [3.8, 4) is 5.75 Å². The summed E-state index contributed by atoms with van der Waals surface area (Å²) in [7, 11) is 1.09. The Hall–Kier alpha value is -1.53. The molecule has 0 heterocycles. The van der Waals surface area contributed by atoms with Crippen molar-refractivity contribution >= 4 is 13.5 Å². The van der Waals surface area contributed by atoms with E-state index in [1.165, 1.54) is 0 Å². The third kappa shape index (κ3) is 6.64. The Kier molecular flexibility index (Phi) is 7.86. The van der Waals surface area contributed by atoms with E-state index in [9.17, 15) is 9.90 Å². The Bertz CT molecular complexity index is 415. The maximum absolute atomic E-state index is 11.3. The number of nitrogens with two attached hydrogens (primary N) is 1. The summed E-state index contributed by atoms with van der Waals surface area (Å²) in [6.07, 6.45) is 3.35. The van der Waals surface area contributed by atoms with Gasteiger partial charge in [-0.2, -0.15) is 0 Å². The lowest BCUT2D eigenvalue weighted by Gasteiger charge is -2.24. The lowest BCUT2D eigenvalue weighted by atomic mass is 9.85. The number of hydrogen-bond acceptors (Lipinski definition) is 4. The number of benzene rings is 1. The average Bonchev–Trinajstić information content (AvgIpc) is 2.49. The first-order valence-electron chi connectivity index (χ1n) is 7.24. The van der Waals surface area contributed by atoms with Crippen molar-refractivity contribution in [2.45, 2.75) is 44.0 Å². The number of carboxylic acid groups (broad SMARTS) is 1. The number of aliphatic carboxylic acids is 1. The van der Waals surface area contributed by atoms with E-state index in [2.05, 4.69) is 0 Å². The number of carboxylic acids is 1. The second-order valence-corrected chi connectivity index (χ2v) is 5.15. The van der Waals surface area contributed by atoms with Crippen molar-refractivity contribution in [1.82, 2.24) is 0 Å². The first kappa shape index (κ1) is 17.5. The minimum absolute atomic E-state index is 0.373. The smallest absolute Gasteiger partial charge is 0.323 e. The Morgan fingerprint density at radius 3 is 2.48 bits per heavy atom. The molecule has 1 rings (SSSR count). The minimum Gasteiger partial charge on any atom is -0.494 e. The molecule has 0 aliphatic rings. The minimum atomic E-state index is -1.21. The Labute approximate surface area is 126 Å². The van der Waals surface area contributed by atoms with Crippen molar-refractivity contribution in [2.24, 2.45) is 5.73 Å². The molecule has 0 aliphatic carbocycles. The molecule has 115 valence electrons. The molecular weight excluding hydrogens is 269 g/mol. The molecule has 5 nitrogen and oxygen atoms in total. The third-order valence-electron chi connectivity index (χ3n) is 3.41. The zero-order valence-electron chi connectivity index (χ0n) is 12.2. The van der Waals surface area contributed by atoms with Crippen LogP contribution in [0.1, 0.15) is 32.1 Å². The SMILES string of the molecule is NC(CCCC[B]O)(CCCOc1ccccc1)C(=O)O. The number of rotatable bonds is 11. The van der Waals surface area contributed by atoms with Crippen molar-refractivity contribution < 1.29 is 19.7 Å². The highest BCUT2D eigenvalue weighted by molar-refractivity contribution is 6.25. The molecule has 21 heavy (non-hydrogen) atoms. The van der Waals surface area contributed by atoms with Gasteiger partial charge in [-0.3, -0.25) is 4.79 Å². The number of carbonyl (C=O) groups is 1. The van der Waals surface area contributed by atoms with Crippen LogP contribution in [0.5, 0.6) is 5.75 Å². The van der Waals surface area contributed by atoms with Crippen molar-refractivity contribution in [3.05, 3.63) is 30.3 Å². The molecule has 0 spiro atoms. The van der Waals surface area contributed by atoms with E-state index in [4.69, 9.17) is 15.5 Å². The van der Waals surface area contributed by atoms with E-state index in [0.717, 1.165) is 19.7 Å². The van der Waals surface area contributed by atoms with Gasteiger partial charge in [-0.1, -0.05) is 37.4 Å². The molecule has 0 saturated carbocycles. The van der Waals surface area contributed by atoms with Crippen LogP contribution in [0.15, 0.2) is 30.3 Å². The largest absolute Gasteiger partial charge is 0.494 e. The number of hydrogen-bond donors (Lipinski definition) is 3. The molecule has 0 aliphatic heterocycles. The van der Waals surface area contributed by atoms with Crippen molar-refractivity contribution in [1.29, 1.82) is 0 Å². The van der Waals surface area contributed by atoms with Crippen LogP contribution in [-0.4, -0.2) is 35.7 Å². The van der Waals surface area contributed by atoms with E-state index in [1.807, 2.05) is 30.3 Å². The Balaban J connectivity index is 2.31. The normalized spacial score (nSPS) is 13.4. The molecule has 0 fully saturated rings. The molecule has 4 N–H and O–H groups in total. The summed E-state index contributed by atoms with van der Waals surface area (Å²) < 4.78 is 5.54. The van der Waals surface area contributed by atoms with Crippen LogP contribution in [0.3, 0.4) is 0 Å². The zero-order chi connectivity index (χ0) is 15.6. The van der Waals surface area contributed by atoms with Gasteiger partial charge in [-0.05, 0) is 31.4 Å². The third-order valence-corrected chi connectivity index (χ3v) is 3.41. The molecule has 6 heteroatoms. The Morgan fingerprint density at radius 1 is 1.19 bits per heavy atom. The van der Waals surface area contributed by atoms with Crippen LogP contribution in [0, 0.1) is 0 Å². The standard InChI is InChI=1S/C15H23BNO4/c17-15(14(18)19,9-4-5-11-16-20)10-6-12-21-13-7-2-1-3-8-13/h1-3,7-8,20H,4-6,9-12,17H2,(H,18,19). The van der Waals surface area contributed by atoms with Crippen LogP contribution in [0.2, 0.25) is 6.32 Å². The highest BCUT2D eigenvalue weighted by Gasteiger charge is 2.32. The molecule has 0 amide bonds. The predicted molar refractivity (Wildman–Crippen MR) is 82.4 cm³/mol. The van der Waals surface area contributed by atoms with Crippen molar-refractivity contribution in [3.63, 3.8) is 0 Å². The molecule has 1 aromatic rings.